The molecular formula is C20H18N4O4S2. The fraction of sp³-hybridized carbons (Fsp3) is 0.200. The van der Waals surface area contributed by atoms with Crippen molar-refractivity contribution in [2.75, 3.05) is 29.6 Å². The zero-order chi connectivity index (χ0) is 20.9. The van der Waals surface area contributed by atoms with E-state index in [1.54, 1.807) is 30.3 Å². The summed E-state index contributed by atoms with van der Waals surface area (Å²) in [7, 11) is 0. The molecule has 1 aliphatic rings. The van der Waals surface area contributed by atoms with E-state index in [0.29, 0.717) is 45.4 Å². The second-order valence-corrected chi connectivity index (χ2v) is 8.53. The van der Waals surface area contributed by atoms with Crippen LogP contribution >= 0.6 is 23.1 Å². The first kappa shape index (κ1) is 20.2. The number of anilines is 3. The van der Waals surface area contributed by atoms with Crippen molar-refractivity contribution in [3.63, 3.8) is 0 Å². The lowest BCUT2D eigenvalue weighted by atomic mass is 10.1. The van der Waals surface area contributed by atoms with E-state index < -0.39 is 0 Å². The minimum Gasteiger partial charge on any atom is -0.486 e. The van der Waals surface area contributed by atoms with Crippen molar-refractivity contribution in [3.8, 4) is 11.5 Å². The second kappa shape index (κ2) is 9.14. The molecule has 154 valence electrons. The van der Waals surface area contributed by atoms with E-state index in [4.69, 9.17) is 9.47 Å². The maximum atomic E-state index is 12.5. The number of amides is 1. The van der Waals surface area contributed by atoms with Gasteiger partial charge in [-0.15, -0.1) is 10.2 Å². The Hall–Kier alpha value is -3.11. The molecule has 1 aliphatic heterocycles. The van der Waals surface area contributed by atoms with E-state index in [1.165, 1.54) is 30.0 Å². The number of aromatic nitrogens is 2. The van der Waals surface area contributed by atoms with Gasteiger partial charge in [-0.25, -0.2) is 0 Å². The van der Waals surface area contributed by atoms with Crippen LogP contribution in [-0.4, -0.2) is 40.9 Å². The predicted molar refractivity (Wildman–Crippen MR) is 116 cm³/mol. The first-order chi connectivity index (χ1) is 14.6. The molecule has 0 saturated carbocycles. The van der Waals surface area contributed by atoms with Crippen LogP contribution in [0.1, 0.15) is 17.3 Å². The van der Waals surface area contributed by atoms with Crippen molar-refractivity contribution in [1.29, 1.82) is 0 Å². The van der Waals surface area contributed by atoms with Crippen molar-refractivity contribution < 1.29 is 19.1 Å². The highest BCUT2D eigenvalue weighted by Crippen LogP contribution is 2.32. The van der Waals surface area contributed by atoms with Crippen LogP contribution in [-0.2, 0) is 4.79 Å². The second-order valence-electron chi connectivity index (χ2n) is 6.33. The molecule has 4 rings (SSSR count). The van der Waals surface area contributed by atoms with E-state index in [-0.39, 0.29) is 17.4 Å². The minimum absolute atomic E-state index is 0.0234. The molecule has 0 radical (unpaired) electrons. The van der Waals surface area contributed by atoms with Crippen LogP contribution in [0.5, 0.6) is 11.5 Å². The fourth-order valence-corrected chi connectivity index (χ4v) is 4.41. The normalized spacial score (nSPS) is 12.3. The van der Waals surface area contributed by atoms with Crippen LogP contribution in [0.3, 0.4) is 0 Å². The summed E-state index contributed by atoms with van der Waals surface area (Å²) in [6.07, 6.45) is 0. The summed E-state index contributed by atoms with van der Waals surface area (Å²) < 4.78 is 11.7. The standard InChI is InChI=1S/C20H18N4O4S2/c1-12(25)21-14-3-2-4-15(10-14)22-19-23-24-20(30-19)29-11-16(26)13-5-6-17-18(9-13)28-8-7-27-17/h2-6,9-10H,7-8,11H2,1H3,(H,21,25)(H,22,23). The van der Waals surface area contributed by atoms with Crippen LogP contribution in [0.25, 0.3) is 0 Å². The number of hydrogen-bond acceptors (Lipinski definition) is 9. The Kier molecular flexibility index (Phi) is 6.15. The highest BCUT2D eigenvalue weighted by molar-refractivity contribution is 8.01. The number of thioether (sulfide) groups is 1. The van der Waals surface area contributed by atoms with E-state index in [2.05, 4.69) is 20.8 Å². The molecule has 0 fully saturated rings. The van der Waals surface area contributed by atoms with E-state index in [0.717, 1.165) is 5.69 Å². The Labute approximate surface area is 181 Å². The number of nitrogens with zero attached hydrogens (tertiary/aromatic N) is 2. The average Bonchev–Trinajstić information content (AvgIpc) is 3.18. The van der Waals surface area contributed by atoms with Crippen molar-refractivity contribution >= 4 is 51.3 Å². The van der Waals surface area contributed by atoms with Gasteiger partial charge in [0.25, 0.3) is 0 Å². The van der Waals surface area contributed by atoms with E-state index in [1.807, 2.05) is 12.1 Å². The topological polar surface area (TPSA) is 102 Å². The highest BCUT2D eigenvalue weighted by Gasteiger charge is 2.16. The summed E-state index contributed by atoms with van der Waals surface area (Å²) in [6, 6.07) is 12.5. The fourth-order valence-electron chi connectivity index (χ4n) is 2.75. The Bertz CT molecular complexity index is 1090. The minimum atomic E-state index is -0.135. The third-order valence-corrected chi connectivity index (χ3v) is 6.00. The number of hydrogen-bond donors (Lipinski definition) is 2. The molecule has 30 heavy (non-hydrogen) atoms. The van der Waals surface area contributed by atoms with Crippen LogP contribution in [0.15, 0.2) is 46.8 Å². The quantitative estimate of drug-likeness (QED) is 0.418. The summed E-state index contributed by atoms with van der Waals surface area (Å²) in [5, 5.41) is 14.7. The summed E-state index contributed by atoms with van der Waals surface area (Å²) >= 11 is 2.68. The molecular weight excluding hydrogens is 424 g/mol. The number of benzene rings is 2. The molecule has 0 bridgehead atoms. The Morgan fingerprint density at radius 3 is 2.70 bits per heavy atom. The predicted octanol–water partition coefficient (Wildman–Crippen LogP) is 3.99. The zero-order valence-electron chi connectivity index (χ0n) is 16.0. The molecule has 0 atom stereocenters. The van der Waals surface area contributed by atoms with Gasteiger partial charge < -0.3 is 20.1 Å². The number of ketones is 1. The monoisotopic (exact) mass is 442 g/mol. The number of fused-ring (bicyclic) bond motifs is 1. The number of ether oxygens (including phenoxy) is 2. The molecule has 2 heterocycles. The Balaban J connectivity index is 1.34. The third kappa shape index (κ3) is 5.08. The summed E-state index contributed by atoms with van der Waals surface area (Å²) in [6.45, 7) is 2.45. The maximum absolute atomic E-state index is 12.5. The lowest BCUT2D eigenvalue weighted by Gasteiger charge is -2.18. The van der Waals surface area contributed by atoms with Gasteiger partial charge in [0.05, 0.1) is 5.75 Å². The van der Waals surface area contributed by atoms with Crippen molar-refractivity contribution in [1.82, 2.24) is 10.2 Å². The molecule has 2 N–H and O–H groups in total. The lowest BCUT2D eigenvalue weighted by Crippen LogP contribution is -2.16. The van der Waals surface area contributed by atoms with E-state index >= 15 is 0 Å². The SMILES string of the molecule is CC(=O)Nc1cccc(Nc2nnc(SCC(=O)c3ccc4c(c3)OCCO4)s2)c1. The van der Waals surface area contributed by atoms with Gasteiger partial charge in [0.2, 0.25) is 11.0 Å². The number of carbonyl (C=O) groups excluding carboxylic acids is 2. The Morgan fingerprint density at radius 1 is 1.07 bits per heavy atom. The van der Waals surface area contributed by atoms with Gasteiger partial charge in [-0.3, -0.25) is 9.59 Å². The van der Waals surface area contributed by atoms with E-state index in [9.17, 15) is 9.59 Å². The molecule has 1 amide bonds. The lowest BCUT2D eigenvalue weighted by molar-refractivity contribution is -0.114. The molecule has 0 saturated heterocycles. The van der Waals surface area contributed by atoms with Crippen LogP contribution in [0.2, 0.25) is 0 Å². The summed E-state index contributed by atoms with van der Waals surface area (Å²) in [4.78, 5) is 23.7. The first-order valence-electron chi connectivity index (χ1n) is 9.11. The summed E-state index contributed by atoms with van der Waals surface area (Å²) in [5.74, 6) is 1.34. The summed E-state index contributed by atoms with van der Waals surface area (Å²) in [5.41, 5.74) is 2.04. The molecule has 0 aliphatic carbocycles. The zero-order valence-corrected chi connectivity index (χ0v) is 17.6. The van der Waals surface area contributed by atoms with Crippen molar-refractivity contribution in [2.24, 2.45) is 0 Å². The van der Waals surface area contributed by atoms with Gasteiger partial charge in [-0.1, -0.05) is 29.2 Å². The molecule has 2 aromatic carbocycles. The van der Waals surface area contributed by atoms with Gasteiger partial charge in [0, 0.05) is 23.9 Å². The third-order valence-electron chi connectivity index (χ3n) is 4.03. The number of rotatable bonds is 7. The molecule has 0 unspecified atom stereocenters. The molecule has 8 nitrogen and oxygen atoms in total. The van der Waals surface area contributed by atoms with Crippen LogP contribution in [0.4, 0.5) is 16.5 Å². The highest BCUT2D eigenvalue weighted by atomic mass is 32.2. The number of carbonyl (C=O) groups is 2. The molecule has 3 aromatic rings. The first-order valence-corrected chi connectivity index (χ1v) is 10.9. The van der Waals surface area contributed by atoms with Gasteiger partial charge in [-0.05, 0) is 36.4 Å². The van der Waals surface area contributed by atoms with Crippen molar-refractivity contribution in [2.45, 2.75) is 11.3 Å². The largest absolute Gasteiger partial charge is 0.486 e. The van der Waals surface area contributed by atoms with Gasteiger partial charge >= 0.3 is 0 Å². The molecule has 10 heteroatoms. The average molecular weight is 443 g/mol. The van der Waals surface area contributed by atoms with Gasteiger partial charge in [-0.2, -0.15) is 0 Å². The maximum Gasteiger partial charge on any atom is 0.221 e. The van der Waals surface area contributed by atoms with Crippen LogP contribution in [0, 0.1) is 0 Å². The Morgan fingerprint density at radius 2 is 1.87 bits per heavy atom. The number of nitrogens with one attached hydrogen (secondary N) is 2. The van der Waals surface area contributed by atoms with Crippen molar-refractivity contribution in [3.05, 3.63) is 48.0 Å². The van der Waals surface area contributed by atoms with Gasteiger partial charge in [0.15, 0.2) is 21.6 Å². The van der Waals surface area contributed by atoms with Crippen LogP contribution < -0.4 is 20.1 Å². The smallest absolute Gasteiger partial charge is 0.221 e. The molecule has 0 spiro atoms. The molecule has 1 aromatic heterocycles. The number of Topliss-reactive ketones (excluding diaryl/α,β-unsaturated/α-hetero) is 1. The van der Waals surface area contributed by atoms with Gasteiger partial charge in [0.1, 0.15) is 13.2 Å².